The van der Waals surface area contributed by atoms with Crippen molar-refractivity contribution in [3.8, 4) is 0 Å². The number of nitrogens with zero attached hydrogens (tertiary/aromatic N) is 4. The van der Waals surface area contributed by atoms with E-state index in [2.05, 4.69) is 50.0 Å². The molecule has 1 saturated carbocycles. The van der Waals surface area contributed by atoms with Gasteiger partial charge in [-0.25, -0.2) is 0 Å². The van der Waals surface area contributed by atoms with Gasteiger partial charge in [-0.3, -0.25) is 14.7 Å². The average Bonchev–Trinajstić information content (AvgIpc) is 3.06. The van der Waals surface area contributed by atoms with Crippen LogP contribution < -0.4 is 4.90 Å². The molecule has 5 rings (SSSR count). The van der Waals surface area contributed by atoms with Gasteiger partial charge in [0.25, 0.3) is 0 Å². The summed E-state index contributed by atoms with van der Waals surface area (Å²) in [6.45, 7) is 7.89. The van der Waals surface area contributed by atoms with Gasteiger partial charge in [-0.15, -0.1) is 0 Å². The maximum absolute atomic E-state index is 13.2. The second-order valence-corrected chi connectivity index (χ2v) is 9.06. The van der Waals surface area contributed by atoms with Crippen LogP contribution >= 0.6 is 0 Å². The molecule has 0 radical (unpaired) electrons. The standard InChI is InChI=1S/C24H32N4O/c1-18-6-7-19-16-22(8-9-23(19)25-18)28-13-10-20(17-28)24(29)27-12-3-11-26(14-15-27)21-4-2-5-21/h6-9,16,20-21H,2-5,10-15,17H2,1H3/t20-/m0/s1. The molecule has 0 spiro atoms. The predicted octanol–water partition coefficient (Wildman–Crippen LogP) is 3.46. The predicted molar refractivity (Wildman–Crippen MR) is 117 cm³/mol. The third kappa shape index (κ3) is 3.85. The lowest BCUT2D eigenvalue weighted by atomic mass is 9.91. The normalized spacial score (nSPS) is 24.0. The van der Waals surface area contributed by atoms with Crippen molar-refractivity contribution in [2.45, 2.75) is 45.1 Å². The van der Waals surface area contributed by atoms with Gasteiger partial charge >= 0.3 is 0 Å². The van der Waals surface area contributed by atoms with Gasteiger partial charge < -0.3 is 9.80 Å². The van der Waals surface area contributed by atoms with Crippen molar-refractivity contribution in [2.24, 2.45) is 5.92 Å². The number of rotatable bonds is 3. The number of aryl methyl sites for hydroxylation is 1. The summed E-state index contributed by atoms with van der Waals surface area (Å²) in [7, 11) is 0. The van der Waals surface area contributed by atoms with Crippen LogP contribution in [-0.2, 0) is 4.79 Å². The summed E-state index contributed by atoms with van der Waals surface area (Å²) in [4.78, 5) is 25.0. The fourth-order valence-electron chi connectivity index (χ4n) is 5.14. The second-order valence-electron chi connectivity index (χ2n) is 9.06. The number of aromatic nitrogens is 1. The Balaban J connectivity index is 1.22. The molecule has 1 aliphatic carbocycles. The van der Waals surface area contributed by atoms with Gasteiger partial charge in [0.05, 0.1) is 11.4 Å². The van der Waals surface area contributed by atoms with Gasteiger partial charge in [0, 0.05) is 62.1 Å². The topological polar surface area (TPSA) is 39.7 Å². The van der Waals surface area contributed by atoms with Crippen molar-refractivity contribution in [3.63, 3.8) is 0 Å². The monoisotopic (exact) mass is 392 g/mol. The molecular weight excluding hydrogens is 360 g/mol. The first kappa shape index (κ1) is 18.9. The third-order valence-corrected chi connectivity index (χ3v) is 7.15. The van der Waals surface area contributed by atoms with Gasteiger partial charge in [-0.05, 0) is 56.9 Å². The summed E-state index contributed by atoms with van der Waals surface area (Å²) in [6.07, 6.45) is 6.17. The lowest BCUT2D eigenvalue weighted by Crippen LogP contribution is -2.43. The van der Waals surface area contributed by atoms with Crippen LogP contribution in [0.1, 0.15) is 37.8 Å². The third-order valence-electron chi connectivity index (χ3n) is 7.15. The molecule has 0 unspecified atom stereocenters. The molecule has 2 aliphatic heterocycles. The highest BCUT2D eigenvalue weighted by atomic mass is 16.2. The Morgan fingerprint density at radius 1 is 0.966 bits per heavy atom. The molecule has 1 atom stereocenters. The highest BCUT2D eigenvalue weighted by Gasteiger charge is 2.33. The van der Waals surface area contributed by atoms with Gasteiger partial charge in [0.1, 0.15) is 0 Å². The van der Waals surface area contributed by atoms with E-state index in [1.165, 1.54) is 30.3 Å². The minimum atomic E-state index is 0.136. The van der Waals surface area contributed by atoms with E-state index in [0.717, 1.165) is 69.4 Å². The molecule has 2 saturated heterocycles. The van der Waals surface area contributed by atoms with Crippen LogP contribution in [0, 0.1) is 12.8 Å². The molecule has 3 fully saturated rings. The van der Waals surface area contributed by atoms with E-state index in [1.54, 1.807) is 0 Å². The second kappa shape index (κ2) is 7.94. The molecule has 0 bridgehead atoms. The van der Waals surface area contributed by atoms with Gasteiger partial charge in [0.2, 0.25) is 5.91 Å². The molecular formula is C24H32N4O. The Morgan fingerprint density at radius 3 is 2.69 bits per heavy atom. The molecule has 154 valence electrons. The summed E-state index contributed by atoms with van der Waals surface area (Å²) in [6, 6.07) is 11.5. The minimum Gasteiger partial charge on any atom is -0.371 e. The smallest absolute Gasteiger partial charge is 0.227 e. The number of carbonyl (C=O) groups is 1. The first-order valence-electron chi connectivity index (χ1n) is 11.3. The number of fused-ring (bicyclic) bond motifs is 1. The number of hydrogen-bond donors (Lipinski definition) is 0. The number of benzene rings is 1. The van der Waals surface area contributed by atoms with Crippen LogP contribution in [0.5, 0.6) is 0 Å². The molecule has 1 aromatic carbocycles. The minimum absolute atomic E-state index is 0.136. The first-order valence-corrected chi connectivity index (χ1v) is 11.3. The van der Waals surface area contributed by atoms with E-state index < -0.39 is 0 Å². The van der Waals surface area contributed by atoms with Crippen LogP contribution in [0.4, 0.5) is 5.69 Å². The summed E-state index contributed by atoms with van der Waals surface area (Å²) in [5.74, 6) is 0.512. The van der Waals surface area contributed by atoms with Gasteiger partial charge in [-0.1, -0.05) is 12.5 Å². The van der Waals surface area contributed by atoms with E-state index >= 15 is 0 Å². The number of anilines is 1. The molecule has 29 heavy (non-hydrogen) atoms. The summed E-state index contributed by atoms with van der Waals surface area (Å²) in [5, 5.41) is 1.17. The molecule has 3 heterocycles. The van der Waals surface area contributed by atoms with E-state index in [9.17, 15) is 4.79 Å². The Labute approximate surface area is 173 Å². The SMILES string of the molecule is Cc1ccc2cc(N3CC[C@H](C(=O)N4CCCN(C5CCC5)CC4)C3)ccc2n1. The number of carbonyl (C=O) groups excluding carboxylic acids is 1. The Morgan fingerprint density at radius 2 is 1.86 bits per heavy atom. The Bertz CT molecular complexity index is 894. The fraction of sp³-hybridized carbons (Fsp3) is 0.583. The van der Waals surface area contributed by atoms with Crippen molar-refractivity contribution in [1.82, 2.24) is 14.8 Å². The quantitative estimate of drug-likeness (QED) is 0.802. The van der Waals surface area contributed by atoms with Crippen LogP contribution in [-0.4, -0.2) is 66.0 Å². The molecule has 5 heteroatoms. The van der Waals surface area contributed by atoms with Crippen molar-refractivity contribution >= 4 is 22.5 Å². The summed E-state index contributed by atoms with van der Waals surface area (Å²) >= 11 is 0. The highest BCUT2D eigenvalue weighted by molar-refractivity contribution is 5.84. The Hall–Kier alpha value is -2.14. The first-order chi connectivity index (χ1) is 14.2. The largest absolute Gasteiger partial charge is 0.371 e. The highest BCUT2D eigenvalue weighted by Crippen LogP contribution is 2.29. The van der Waals surface area contributed by atoms with Gasteiger partial charge in [-0.2, -0.15) is 0 Å². The van der Waals surface area contributed by atoms with Crippen molar-refractivity contribution < 1.29 is 4.79 Å². The van der Waals surface area contributed by atoms with Crippen LogP contribution in [0.25, 0.3) is 10.9 Å². The molecule has 3 aliphatic rings. The van der Waals surface area contributed by atoms with Crippen molar-refractivity contribution in [3.05, 3.63) is 36.0 Å². The van der Waals surface area contributed by atoms with Crippen LogP contribution in [0.2, 0.25) is 0 Å². The number of pyridine rings is 1. The summed E-state index contributed by atoms with van der Waals surface area (Å²) < 4.78 is 0. The maximum atomic E-state index is 13.2. The van der Waals surface area contributed by atoms with E-state index in [-0.39, 0.29) is 5.92 Å². The van der Waals surface area contributed by atoms with Crippen LogP contribution in [0.15, 0.2) is 30.3 Å². The lowest BCUT2D eigenvalue weighted by Gasteiger charge is -2.36. The molecule has 5 nitrogen and oxygen atoms in total. The molecule has 0 N–H and O–H groups in total. The zero-order valence-electron chi connectivity index (χ0n) is 17.5. The number of hydrogen-bond acceptors (Lipinski definition) is 4. The molecule has 1 amide bonds. The van der Waals surface area contributed by atoms with Crippen molar-refractivity contribution in [2.75, 3.05) is 44.2 Å². The van der Waals surface area contributed by atoms with E-state index in [0.29, 0.717) is 5.91 Å². The number of amides is 1. The van der Waals surface area contributed by atoms with E-state index in [1.807, 2.05) is 6.92 Å². The average molecular weight is 393 g/mol. The van der Waals surface area contributed by atoms with Crippen molar-refractivity contribution in [1.29, 1.82) is 0 Å². The maximum Gasteiger partial charge on any atom is 0.227 e. The van der Waals surface area contributed by atoms with Gasteiger partial charge in [0.15, 0.2) is 0 Å². The Kier molecular flexibility index (Phi) is 5.17. The van der Waals surface area contributed by atoms with Crippen LogP contribution in [0.3, 0.4) is 0 Å². The summed E-state index contributed by atoms with van der Waals surface area (Å²) in [5.41, 5.74) is 3.30. The zero-order valence-corrected chi connectivity index (χ0v) is 17.5. The fourth-order valence-corrected chi connectivity index (χ4v) is 5.14. The zero-order chi connectivity index (χ0) is 19.8. The molecule has 2 aromatic rings. The molecule has 1 aromatic heterocycles. The van der Waals surface area contributed by atoms with E-state index in [4.69, 9.17) is 0 Å². The lowest BCUT2D eigenvalue weighted by molar-refractivity contribution is -0.134.